The molecular formula is C15H23N3O2. The van der Waals surface area contributed by atoms with Crippen LogP contribution in [0.1, 0.15) is 37.2 Å². The molecule has 1 unspecified atom stereocenters. The van der Waals surface area contributed by atoms with Gasteiger partial charge in [-0.05, 0) is 57.8 Å². The van der Waals surface area contributed by atoms with Gasteiger partial charge in [0.1, 0.15) is 5.75 Å². The fourth-order valence-corrected chi connectivity index (χ4v) is 2.58. The number of piperidine rings is 1. The highest BCUT2D eigenvalue weighted by molar-refractivity contribution is 5.94. The van der Waals surface area contributed by atoms with Crippen LogP contribution in [-0.2, 0) is 0 Å². The van der Waals surface area contributed by atoms with E-state index >= 15 is 0 Å². The quantitative estimate of drug-likeness (QED) is 0.878. The normalized spacial score (nSPS) is 19.1. The van der Waals surface area contributed by atoms with Gasteiger partial charge in [-0.2, -0.15) is 0 Å². The zero-order valence-electron chi connectivity index (χ0n) is 12.2. The molecule has 0 aliphatic carbocycles. The zero-order chi connectivity index (χ0) is 14.5. The van der Waals surface area contributed by atoms with Crippen LogP contribution in [0.2, 0.25) is 0 Å². The second-order valence-electron chi connectivity index (χ2n) is 5.63. The number of aromatic hydroxyl groups is 1. The van der Waals surface area contributed by atoms with E-state index in [2.05, 4.69) is 10.3 Å². The van der Waals surface area contributed by atoms with Crippen molar-refractivity contribution in [1.82, 2.24) is 15.2 Å². The van der Waals surface area contributed by atoms with E-state index in [4.69, 9.17) is 0 Å². The predicted molar refractivity (Wildman–Crippen MR) is 77.7 cm³/mol. The van der Waals surface area contributed by atoms with Crippen LogP contribution in [0.25, 0.3) is 0 Å². The van der Waals surface area contributed by atoms with Crippen molar-refractivity contribution in [2.45, 2.75) is 32.7 Å². The highest BCUT2D eigenvalue weighted by Crippen LogP contribution is 2.19. The number of nitrogens with zero attached hydrogens (tertiary/aromatic N) is 2. The molecule has 0 saturated carbocycles. The minimum Gasteiger partial charge on any atom is -0.505 e. The Balaban J connectivity index is 2.11. The second kappa shape index (κ2) is 6.70. The van der Waals surface area contributed by atoms with Gasteiger partial charge in [0.25, 0.3) is 5.91 Å². The fraction of sp³-hybridized carbons (Fsp3) is 0.600. The van der Waals surface area contributed by atoms with Crippen molar-refractivity contribution in [3.8, 4) is 5.75 Å². The number of rotatable bonds is 4. The molecule has 1 aliphatic heterocycles. The Morgan fingerprint density at radius 2 is 2.40 bits per heavy atom. The van der Waals surface area contributed by atoms with Crippen molar-refractivity contribution in [1.29, 1.82) is 0 Å². The predicted octanol–water partition coefficient (Wildman–Crippen LogP) is 1.64. The first-order chi connectivity index (χ1) is 9.59. The van der Waals surface area contributed by atoms with Crippen LogP contribution >= 0.6 is 0 Å². The summed E-state index contributed by atoms with van der Waals surface area (Å²) in [5.74, 6) is 0.231. The molecule has 110 valence electrons. The minimum atomic E-state index is -0.191. The third-order valence-corrected chi connectivity index (χ3v) is 3.73. The molecule has 1 aliphatic rings. The average Bonchev–Trinajstić information content (AvgIpc) is 2.45. The number of carbonyl (C=O) groups excluding carboxylic acids is 1. The SMILES string of the molecule is CC(C)N(CC1CCCNC1)C(=O)c1ncccc1O. The number of aromatic nitrogens is 1. The van der Waals surface area contributed by atoms with E-state index in [1.807, 2.05) is 13.8 Å². The van der Waals surface area contributed by atoms with E-state index in [1.54, 1.807) is 11.0 Å². The minimum absolute atomic E-state index is 0.0510. The van der Waals surface area contributed by atoms with Gasteiger partial charge in [0.2, 0.25) is 0 Å². The summed E-state index contributed by atoms with van der Waals surface area (Å²) in [6, 6.07) is 3.21. The lowest BCUT2D eigenvalue weighted by molar-refractivity contribution is 0.0651. The standard InChI is InChI=1S/C15H23N3O2/c1-11(2)18(10-12-5-3-7-16-9-12)15(20)14-13(19)6-4-8-17-14/h4,6,8,11-12,16,19H,3,5,7,9-10H2,1-2H3. The summed E-state index contributed by atoms with van der Waals surface area (Å²) >= 11 is 0. The van der Waals surface area contributed by atoms with Gasteiger partial charge in [-0.3, -0.25) is 4.79 Å². The first-order valence-electron chi connectivity index (χ1n) is 7.25. The number of hydrogen-bond donors (Lipinski definition) is 2. The van der Waals surface area contributed by atoms with Gasteiger partial charge >= 0.3 is 0 Å². The Labute approximate surface area is 120 Å². The third kappa shape index (κ3) is 3.48. The molecular weight excluding hydrogens is 254 g/mol. The van der Waals surface area contributed by atoms with E-state index in [0.717, 1.165) is 25.9 Å². The van der Waals surface area contributed by atoms with Crippen LogP contribution in [-0.4, -0.2) is 46.6 Å². The van der Waals surface area contributed by atoms with Gasteiger partial charge in [0.15, 0.2) is 5.69 Å². The maximum absolute atomic E-state index is 12.6. The molecule has 1 atom stereocenters. The Hall–Kier alpha value is -1.62. The summed E-state index contributed by atoms with van der Waals surface area (Å²) < 4.78 is 0. The Morgan fingerprint density at radius 1 is 1.60 bits per heavy atom. The first-order valence-corrected chi connectivity index (χ1v) is 7.25. The second-order valence-corrected chi connectivity index (χ2v) is 5.63. The molecule has 2 heterocycles. The highest BCUT2D eigenvalue weighted by Gasteiger charge is 2.26. The van der Waals surface area contributed by atoms with Crippen LogP contribution in [0, 0.1) is 5.92 Å². The summed E-state index contributed by atoms with van der Waals surface area (Å²) in [6.07, 6.45) is 3.82. The fourth-order valence-electron chi connectivity index (χ4n) is 2.58. The molecule has 2 rings (SSSR count). The summed E-state index contributed by atoms with van der Waals surface area (Å²) in [7, 11) is 0. The van der Waals surface area contributed by atoms with Gasteiger partial charge in [-0.15, -0.1) is 0 Å². The van der Waals surface area contributed by atoms with Gasteiger partial charge in [0, 0.05) is 18.8 Å². The molecule has 0 spiro atoms. The van der Waals surface area contributed by atoms with Crippen molar-refractivity contribution in [3.05, 3.63) is 24.0 Å². The number of pyridine rings is 1. The summed E-state index contributed by atoms with van der Waals surface area (Å²) in [5.41, 5.74) is 0.143. The van der Waals surface area contributed by atoms with Crippen molar-refractivity contribution in [3.63, 3.8) is 0 Å². The van der Waals surface area contributed by atoms with Crippen LogP contribution in [0.4, 0.5) is 0 Å². The first kappa shape index (κ1) is 14.8. The molecule has 1 aromatic rings. The van der Waals surface area contributed by atoms with E-state index in [1.165, 1.54) is 12.3 Å². The average molecular weight is 277 g/mol. The largest absolute Gasteiger partial charge is 0.505 e. The number of carbonyl (C=O) groups is 1. The van der Waals surface area contributed by atoms with Gasteiger partial charge < -0.3 is 15.3 Å². The summed E-state index contributed by atoms with van der Waals surface area (Å²) in [5, 5.41) is 13.2. The molecule has 2 N–H and O–H groups in total. The van der Waals surface area contributed by atoms with E-state index in [-0.39, 0.29) is 23.4 Å². The summed E-state index contributed by atoms with van der Waals surface area (Å²) in [6.45, 7) is 6.71. The molecule has 1 amide bonds. The van der Waals surface area contributed by atoms with Gasteiger partial charge in [0.05, 0.1) is 0 Å². The van der Waals surface area contributed by atoms with Crippen molar-refractivity contribution < 1.29 is 9.90 Å². The zero-order valence-corrected chi connectivity index (χ0v) is 12.2. The number of amides is 1. The van der Waals surface area contributed by atoms with E-state index < -0.39 is 0 Å². The van der Waals surface area contributed by atoms with Crippen LogP contribution in [0.15, 0.2) is 18.3 Å². The smallest absolute Gasteiger partial charge is 0.276 e. The van der Waals surface area contributed by atoms with E-state index in [9.17, 15) is 9.90 Å². The number of nitrogens with one attached hydrogen (secondary N) is 1. The molecule has 1 fully saturated rings. The lowest BCUT2D eigenvalue weighted by atomic mass is 9.98. The topological polar surface area (TPSA) is 65.5 Å². The van der Waals surface area contributed by atoms with Crippen molar-refractivity contribution >= 4 is 5.91 Å². The number of hydrogen-bond acceptors (Lipinski definition) is 4. The molecule has 1 saturated heterocycles. The lowest BCUT2D eigenvalue weighted by Crippen LogP contribution is -2.44. The molecule has 5 heteroatoms. The summed E-state index contributed by atoms with van der Waals surface area (Å²) in [4.78, 5) is 18.4. The molecule has 0 bridgehead atoms. The third-order valence-electron chi connectivity index (χ3n) is 3.73. The van der Waals surface area contributed by atoms with Crippen LogP contribution < -0.4 is 5.32 Å². The molecule has 1 aromatic heterocycles. The molecule has 20 heavy (non-hydrogen) atoms. The van der Waals surface area contributed by atoms with E-state index in [0.29, 0.717) is 12.5 Å². The molecule has 5 nitrogen and oxygen atoms in total. The van der Waals surface area contributed by atoms with Crippen LogP contribution in [0.5, 0.6) is 5.75 Å². The molecule has 0 aromatic carbocycles. The van der Waals surface area contributed by atoms with Crippen molar-refractivity contribution in [2.75, 3.05) is 19.6 Å². The Kier molecular flexibility index (Phi) is 4.95. The Bertz CT molecular complexity index is 456. The van der Waals surface area contributed by atoms with Gasteiger partial charge in [-0.1, -0.05) is 0 Å². The Morgan fingerprint density at radius 3 is 3.00 bits per heavy atom. The lowest BCUT2D eigenvalue weighted by Gasteiger charge is -2.32. The molecule has 0 radical (unpaired) electrons. The van der Waals surface area contributed by atoms with Crippen molar-refractivity contribution in [2.24, 2.45) is 5.92 Å². The maximum atomic E-state index is 12.6. The monoisotopic (exact) mass is 277 g/mol. The maximum Gasteiger partial charge on any atom is 0.276 e. The van der Waals surface area contributed by atoms with Gasteiger partial charge in [-0.25, -0.2) is 4.98 Å². The highest BCUT2D eigenvalue weighted by atomic mass is 16.3. The van der Waals surface area contributed by atoms with Crippen LogP contribution in [0.3, 0.4) is 0 Å².